The molecule has 2 amide bonds. The second-order valence-corrected chi connectivity index (χ2v) is 4.69. The first kappa shape index (κ1) is 14.2. The molecule has 0 spiro atoms. The monoisotopic (exact) mass is 271 g/mol. The van der Waals surface area contributed by atoms with E-state index in [1.165, 1.54) is 0 Å². The molecular weight excluding hydrogens is 250 g/mol. The molecule has 0 aliphatic carbocycles. The van der Waals surface area contributed by atoms with Gasteiger partial charge in [0, 0.05) is 26.7 Å². The molecule has 19 heavy (non-hydrogen) atoms. The second-order valence-electron chi connectivity index (χ2n) is 4.69. The number of nitrogens with one attached hydrogen (secondary N) is 2. The fraction of sp³-hybridized carbons (Fsp3) is 0.833. The van der Waals surface area contributed by atoms with Crippen LogP contribution in [0.1, 0.15) is 6.42 Å². The predicted octanol–water partition coefficient (Wildman–Crippen LogP) is -1.66. The number of hydrogen-bond donors (Lipinski definition) is 2. The standard InChI is InChI=1S/C12H21N3O4/c1-13-12(17)10-8-18-5-3-15(10)11(16)6-9-7-14-2-4-19-9/h9-10,14H,2-8H2,1H3,(H,13,17). The van der Waals surface area contributed by atoms with Crippen LogP contribution in [0.3, 0.4) is 0 Å². The van der Waals surface area contributed by atoms with Gasteiger partial charge in [0.1, 0.15) is 6.04 Å². The molecule has 7 heteroatoms. The van der Waals surface area contributed by atoms with Crippen molar-refractivity contribution < 1.29 is 19.1 Å². The van der Waals surface area contributed by atoms with E-state index in [9.17, 15) is 9.59 Å². The summed E-state index contributed by atoms with van der Waals surface area (Å²) in [6, 6.07) is -0.525. The lowest BCUT2D eigenvalue weighted by Crippen LogP contribution is -2.56. The number of nitrogens with zero attached hydrogens (tertiary/aromatic N) is 1. The van der Waals surface area contributed by atoms with Crippen LogP contribution >= 0.6 is 0 Å². The first-order valence-electron chi connectivity index (χ1n) is 6.63. The van der Waals surface area contributed by atoms with Crippen LogP contribution < -0.4 is 10.6 Å². The van der Waals surface area contributed by atoms with Crippen LogP contribution in [0.15, 0.2) is 0 Å². The summed E-state index contributed by atoms with van der Waals surface area (Å²) in [5, 5.41) is 5.76. The van der Waals surface area contributed by atoms with E-state index < -0.39 is 6.04 Å². The Morgan fingerprint density at radius 3 is 2.95 bits per heavy atom. The molecule has 2 atom stereocenters. The maximum atomic E-state index is 12.3. The molecule has 2 aliphatic heterocycles. The van der Waals surface area contributed by atoms with Crippen LogP contribution in [0.5, 0.6) is 0 Å². The van der Waals surface area contributed by atoms with Crippen molar-refractivity contribution in [2.75, 3.05) is 46.5 Å². The highest BCUT2D eigenvalue weighted by atomic mass is 16.5. The fourth-order valence-electron chi connectivity index (χ4n) is 2.35. The van der Waals surface area contributed by atoms with E-state index in [0.29, 0.717) is 32.7 Å². The molecule has 0 radical (unpaired) electrons. The van der Waals surface area contributed by atoms with Gasteiger partial charge in [-0.05, 0) is 0 Å². The minimum atomic E-state index is -0.525. The van der Waals surface area contributed by atoms with Gasteiger partial charge in [0.05, 0.1) is 32.3 Å². The van der Waals surface area contributed by atoms with E-state index in [2.05, 4.69) is 10.6 Å². The Labute approximate surface area is 112 Å². The molecule has 0 bridgehead atoms. The molecule has 2 aliphatic rings. The van der Waals surface area contributed by atoms with Gasteiger partial charge in [-0.2, -0.15) is 0 Å². The second kappa shape index (κ2) is 6.83. The summed E-state index contributed by atoms with van der Waals surface area (Å²) in [6.07, 6.45) is 0.204. The van der Waals surface area contributed by atoms with Gasteiger partial charge in [0.2, 0.25) is 11.8 Å². The molecule has 2 rings (SSSR count). The molecule has 0 aromatic rings. The van der Waals surface area contributed by atoms with Crippen LogP contribution in [0, 0.1) is 0 Å². The van der Waals surface area contributed by atoms with Crippen molar-refractivity contribution >= 4 is 11.8 Å². The van der Waals surface area contributed by atoms with Gasteiger partial charge in [0.15, 0.2) is 0 Å². The van der Waals surface area contributed by atoms with Crippen LogP contribution in [-0.4, -0.2) is 75.4 Å². The van der Waals surface area contributed by atoms with Gasteiger partial charge in [-0.3, -0.25) is 9.59 Å². The molecule has 108 valence electrons. The zero-order valence-corrected chi connectivity index (χ0v) is 11.2. The molecule has 2 fully saturated rings. The molecule has 2 heterocycles. The highest BCUT2D eigenvalue weighted by Crippen LogP contribution is 2.12. The summed E-state index contributed by atoms with van der Waals surface area (Å²) in [6.45, 7) is 3.32. The molecule has 0 aromatic carbocycles. The van der Waals surface area contributed by atoms with E-state index in [0.717, 1.165) is 6.54 Å². The average Bonchev–Trinajstić information content (AvgIpc) is 2.47. The third kappa shape index (κ3) is 3.65. The van der Waals surface area contributed by atoms with E-state index in [1.54, 1.807) is 11.9 Å². The highest BCUT2D eigenvalue weighted by molar-refractivity contribution is 5.88. The number of amides is 2. The van der Waals surface area contributed by atoms with Crippen LogP contribution in [0.4, 0.5) is 0 Å². The molecule has 2 unspecified atom stereocenters. The molecule has 2 saturated heterocycles. The maximum absolute atomic E-state index is 12.3. The van der Waals surface area contributed by atoms with Crippen molar-refractivity contribution in [3.8, 4) is 0 Å². The number of hydrogen-bond acceptors (Lipinski definition) is 5. The molecule has 7 nitrogen and oxygen atoms in total. The van der Waals surface area contributed by atoms with Crippen molar-refractivity contribution in [1.82, 2.24) is 15.5 Å². The Bertz CT molecular complexity index is 331. The number of rotatable bonds is 3. The Kier molecular flexibility index (Phi) is 5.12. The fourth-order valence-corrected chi connectivity index (χ4v) is 2.35. The highest BCUT2D eigenvalue weighted by Gasteiger charge is 2.33. The normalized spacial score (nSPS) is 27.9. The molecular formula is C12H21N3O4. The molecule has 0 aromatic heterocycles. The van der Waals surface area contributed by atoms with E-state index in [1.807, 2.05) is 0 Å². The van der Waals surface area contributed by atoms with E-state index in [-0.39, 0.29) is 24.5 Å². The summed E-state index contributed by atoms with van der Waals surface area (Å²) >= 11 is 0. The quantitative estimate of drug-likeness (QED) is 0.642. The third-order valence-corrected chi connectivity index (χ3v) is 3.40. The molecule has 2 N–H and O–H groups in total. The zero-order chi connectivity index (χ0) is 13.7. The van der Waals surface area contributed by atoms with Crippen molar-refractivity contribution in [1.29, 1.82) is 0 Å². The van der Waals surface area contributed by atoms with Crippen molar-refractivity contribution in [3.63, 3.8) is 0 Å². The van der Waals surface area contributed by atoms with Crippen molar-refractivity contribution in [2.24, 2.45) is 0 Å². The number of carbonyl (C=O) groups is 2. The number of morpholine rings is 2. The Morgan fingerprint density at radius 1 is 1.42 bits per heavy atom. The first-order valence-corrected chi connectivity index (χ1v) is 6.63. The number of carbonyl (C=O) groups excluding carboxylic acids is 2. The van der Waals surface area contributed by atoms with Gasteiger partial charge in [0.25, 0.3) is 0 Å². The van der Waals surface area contributed by atoms with Crippen LogP contribution in [0.2, 0.25) is 0 Å². The van der Waals surface area contributed by atoms with Gasteiger partial charge in [-0.25, -0.2) is 0 Å². The van der Waals surface area contributed by atoms with Crippen molar-refractivity contribution in [3.05, 3.63) is 0 Å². The van der Waals surface area contributed by atoms with Crippen LogP contribution in [0.25, 0.3) is 0 Å². The summed E-state index contributed by atoms with van der Waals surface area (Å²) < 4.78 is 10.8. The Hall–Kier alpha value is -1.18. The zero-order valence-electron chi connectivity index (χ0n) is 11.2. The topological polar surface area (TPSA) is 79.9 Å². The van der Waals surface area contributed by atoms with E-state index >= 15 is 0 Å². The summed E-state index contributed by atoms with van der Waals surface area (Å²) in [4.78, 5) is 25.6. The van der Waals surface area contributed by atoms with Gasteiger partial charge < -0.3 is 25.0 Å². The number of likely N-dealkylation sites (N-methyl/N-ethyl adjacent to an activating group) is 1. The summed E-state index contributed by atoms with van der Waals surface area (Å²) in [7, 11) is 1.56. The maximum Gasteiger partial charge on any atom is 0.244 e. The van der Waals surface area contributed by atoms with Gasteiger partial charge >= 0.3 is 0 Å². The lowest BCUT2D eigenvalue weighted by Gasteiger charge is -2.35. The Balaban J connectivity index is 1.92. The van der Waals surface area contributed by atoms with Crippen LogP contribution in [-0.2, 0) is 19.1 Å². The predicted molar refractivity (Wildman–Crippen MR) is 67.6 cm³/mol. The van der Waals surface area contributed by atoms with Gasteiger partial charge in [-0.15, -0.1) is 0 Å². The first-order chi connectivity index (χ1) is 9.22. The van der Waals surface area contributed by atoms with E-state index in [4.69, 9.17) is 9.47 Å². The van der Waals surface area contributed by atoms with Gasteiger partial charge in [-0.1, -0.05) is 0 Å². The minimum Gasteiger partial charge on any atom is -0.377 e. The number of ether oxygens (including phenoxy) is 2. The Morgan fingerprint density at radius 2 is 2.26 bits per heavy atom. The summed E-state index contributed by atoms with van der Waals surface area (Å²) in [5.74, 6) is -0.235. The lowest BCUT2D eigenvalue weighted by atomic mass is 10.1. The lowest BCUT2D eigenvalue weighted by molar-refractivity contribution is -0.150. The molecule has 0 saturated carbocycles. The average molecular weight is 271 g/mol. The SMILES string of the molecule is CNC(=O)C1COCCN1C(=O)CC1CNCCO1. The summed E-state index contributed by atoms with van der Waals surface area (Å²) in [5.41, 5.74) is 0. The third-order valence-electron chi connectivity index (χ3n) is 3.40. The minimum absolute atomic E-state index is 0.0504. The smallest absolute Gasteiger partial charge is 0.244 e. The van der Waals surface area contributed by atoms with Crippen molar-refractivity contribution in [2.45, 2.75) is 18.6 Å². The largest absolute Gasteiger partial charge is 0.377 e.